The van der Waals surface area contributed by atoms with Crippen molar-refractivity contribution >= 4 is 30.7 Å². The minimum atomic E-state index is -0.612. The molecule has 3 aromatic rings. The van der Waals surface area contributed by atoms with Gasteiger partial charge in [-0.1, -0.05) is 18.2 Å². The number of morpholine rings is 1. The van der Waals surface area contributed by atoms with Crippen LogP contribution in [0.15, 0.2) is 54.7 Å². The topological polar surface area (TPSA) is 110 Å². The Balaban J connectivity index is 0.00000220. The highest BCUT2D eigenvalue weighted by molar-refractivity contribution is 5.96. The van der Waals surface area contributed by atoms with E-state index in [9.17, 15) is 14.3 Å². The van der Waals surface area contributed by atoms with E-state index in [4.69, 9.17) is 15.2 Å². The second-order valence-corrected chi connectivity index (χ2v) is 9.95. The monoisotopic (exact) mass is 592 g/mol. The van der Waals surface area contributed by atoms with Crippen molar-refractivity contribution in [2.45, 2.75) is 44.3 Å². The second-order valence-electron chi connectivity index (χ2n) is 9.95. The lowest BCUT2D eigenvalue weighted by Gasteiger charge is -2.27. The van der Waals surface area contributed by atoms with Crippen LogP contribution in [0.2, 0.25) is 0 Å². The summed E-state index contributed by atoms with van der Waals surface area (Å²) in [6.45, 7) is 3.70. The third-order valence-electron chi connectivity index (χ3n) is 7.12. The number of nitrogens with one attached hydrogen (secondary N) is 1. The minimum absolute atomic E-state index is 0. The van der Waals surface area contributed by atoms with Gasteiger partial charge in [-0.3, -0.25) is 9.69 Å². The number of carbonyl (C=O) groups is 1. The molecule has 8 nitrogen and oxygen atoms in total. The number of phenols is 1. The molecule has 4 N–H and O–H groups in total. The zero-order chi connectivity index (χ0) is 26.5. The number of pyridine rings is 1. The van der Waals surface area contributed by atoms with E-state index in [0.717, 1.165) is 67.7 Å². The number of ether oxygens (including phenoxy) is 2. The van der Waals surface area contributed by atoms with E-state index in [2.05, 4.69) is 15.2 Å². The molecule has 1 aliphatic heterocycles. The first-order valence-corrected chi connectivity index (χ1v) is 13.1. The third-order valence-corrected chi connectivity index (χ3v) is 7.12. The number of benzene rings is 2. The van der Waals surface area contributed by atoms with E-state index < -0.39 is 11.7 Å². The summed E-state index contributed by atoms with van der Waals surface area (Å²) in [5.74, 6) is -0.332. The number of nitrogens with zero attached hydrogens (tertiary/aromatic N) is 2. The van der Waals surface area contributed by atoms with E-state index in [1.54, 1.807) is 18.2 Å². The van der Waals surface area contributed by atoms with Crippen LogP contribution in [0.3, 0.4) is 0 Å². The largest absolute Gasteiger partial charge is 0.508 e. The highest BCUT2D eigenvalue weighted by Crippen LogP contribution is 2.32. The van der Waals surface area contributed by atoms with Crippen molar-refractivity contribution in [2.75, 3.05) is 26.3 Å². The van der Waals surface area contributed by atoms with Crippen LogP contribution in [-0.2, 0) is 11.3 Å². The summed E-state index contributed by atoms with van der Waals surface area (Å²) < 4.78 is 25.6. The Morgan fingerprint density at radius 1 is 1.10 bits per heavy atom. The minimum Gasteiger partial charge on any atom is -0.508 e. The first kappa shape index (κ1) is 31.6. The van der Waals surface area contributed by atoms with Crippen molar-refractivity contribution in [3.63, 3.8) is 0 Å². The number of hydrogen-bond donors (Lipinski definition) is 3. The van der Waals surface area contributed by atoms with Crippen LogP contribution in [-0.4, -0.2) is 59.3 Å². The van der Waals surface area contributed by atoms with Crippen molar-refractivity contribution in [3.8, 4) is 28.5 Å². The van der Waals surface area contributed by atoms with Crippen LogP contribution in [0.25, 0.3) is 11.1 Å². The molecule has 1 amide bonds. The summed E-state index contributed by atoms with van der Waals surface area (Å²) in [5, 5.41) is 13.1. The van der Waals surface area contributed by atoms with Gasteiger partial charge in [0.1, 0.15) is 22.9 Å². The molecule has 0 radical (unpaired) electrons. The lowest BCUT2D eigenvalue weighted by Crippen LogP contribution is -2.40. The molecular weight excluding hydrogens is 558 g/mol. The Kier molecular flexibility index (Phi) is 11.5. The molecule has 2 aliphatic rings. The van der Waals surface area contributed by atoms with Crippen molar-refractivity contribution in [1.29, 1.82) is 0 Å². The summed E-state index contributed by atoms with van der Waals surface area (Å²) in [6.07, 6.45) is 4.29. The molecule has 1 saturated heterocycles. The van der Waals surface area contributed by atoms with Gasteiger partial charge in [-0.05, 0) is 72.7 Å². The van der Waals surface area contributed by atoms with Crippen LogP contribution in [0.1, 0.15) is 41.6 Å². The number of aromatic nitrogens is 1. The molecule has 1 aliphatic carbocycles. The van der Waals surface area contributed by atoms with Gasteiger partial charge < -0.3 is 25.6 Å². The molecule has 40 heavy (non-hydrogen) atoms. The number of amides is 1. The lowest BCUT2D eigenvalue weighted by atomic mass is 9.91. The van der Waals surface area contributed by atoms with Gasteiger partial charge in [-0.15, -0.1) is 24.8 Å². The summed E-state index contributed by atoms with van der Waals surface area (Å²) in [4.78, 5) is 19.4. The van der Waals surface area contributed by atoms with Gasteiger partial charge in [0.2, 0.25) is 5.88 Å². The van der Waals surface area contributed by atoms with Crippen LogP contribution in [0, 0.1) is 5.82 Å². The van der Waals surface area contributed by atoms with Crippen LogP contribution in [0.5, 0.6) is 17.4 Å². The van der Waals surface area contributed by atoms with Gasteiger partial charge in [-0.2, -0.15) is 0 Å². The van der Waals surface area contributed by atoms with Crippen LogP contribution >= 0.6 is 24.8 Å². The smallest absolute Gasteiger partial charge is 0.257 e. The maximum atomic E-state index is 14.1. The normalized spacial score (nSPS) is 19.1. The van der Waals surface area contributed by atoms with Crippen LogP contribution in [0.4, 0.5) is 4.39 Å². The van der Waals surface area contributed by atoms with Crippen molar-refractivity contribution < 1.29 is 23.8 Å². The van der Waals surface area contributed by atoms with E-state index in [-0.39, 0.29) is 54.1 Å². The molecule has 1 saturated carbocycles. The third kappa shape index (κ3) is 8.05. The molecule has 0 unspecified atom stereocenters. The standard InChI is InChI=1S/C29H33FN4O4.2ClH/c30-21-16-27(28(36)33-23-6-4-22(31)5-7-23)29(32-17-21)38-25-3-1-2-19(15-25)26-9-8-24(35)14-20(26)18-34-10-12-37-13-11-34;;/h1-3,8-9,14-17,22-23,35H,4-7,10-13,18,31H2,(H,33,36);2*1H/t22-,23-;;. The summed E-state index contributed by atoms with van der Waals surface area (Å²) in [7, 11) is 0. The van der Waals surface area contributed by atoms with E-state index in [1.165, 1.54) is 0 Å². The fraction of sp³-hybridized carbons (Fsp3) is 0.379. The predicted octanol–water partition coefficient (Wildman–Crippen LogP) is 5.06. The summed E-state index contributed by atoms with van der Waals surface area (Å²) in [6, 6.07) is 14.0. The number of nitrogens with two attached hydrogens (primary N) is 1. The number of rotatable bonds is 7. The zero-order valence-electron chi connectivity index (χ0n) is 22.1. The molecule has 5 rings (SSSR count). The SMILES string of the molecule is Cl.Cl.N[C@H]1CC[C@H](NC(=O)c2cc(F)cnc2Oc2cccc(-c3ccc(O)cc3CN3CCOCC3)c2)CC1. The molecule has 2 aromatic carbocycles. The highest BCUT2D eigenvalue weighted by atomic mass is 35.5. The summed E-state index contributed by atoms with van der Waals surface area (Å²) >= 11 is 0. The second kappa shape index (κ2) is 14.6. The van der Waals surface area contributed by atoms with Crippen molar-refractivity contribution in [1.82, 2.24) is 15.2 Å². The Morgan fingerprint density at radius 3 is 2.60 bits per heavy atom. The first-order chi connectivity index (χ1) is 18.4. The van der Waals surface area contributed by atoms with Gasteiger partial charge in [0, 0.05) is 31.7 Å². The fourth-order valence-corrected chi connectivity index (χ4v) is 5.03. The number of aromatic hydroxyl groups is 1. The number of phenolic OH excluding ortho intramolecular Hbond substituents is 1. The average Bonchev–Trinajstić information content (AvgIpc) is 2.92. The lowest BCUT2D eigenvalue weighted by molar-refractivity contribution is 0.0342. The molecule has 1 aromatic heterocycles. The maximum Gasteiger partial charge on any atom is 0.257 e. The quantitative estimate of drug-likeness (QED) is 0.351. The molecule has 216 valence electrons. The van der Waals surface area contributed by atoms with Crippen molar-refractivity contribution in [3.05, 3.63) is 71.7 Å². The molecule has 0 atom stereocenters. The molecular formula is C29H35Cl2FN4O4. The van der Waals surface area contributed by atoms with Gasteiger partial charge >= 0.3 is 0 Å². The Hall–Kier alpha value is -2.95. The van der Waals surface area contributed by atoms with E-state index in [1.807, 2.05) is 24.3 Å². The first-order valence-electron chi connectivity index (χ1n) is 13.1. The molecule has 2 fully saturated rings. The highest BCUT2D eigenvalue weighted by Gasteiger charge is 2.23. The van der Waals surface area contributed by atoms with Gasteiger partial charge in [-0.25, -0.2) is 9.37 Å². The molecule has 11 heteroatoms. The Labute approximate surface area is 245 Å². The molecule has 0 bridgehead atoms. The van der Waals surface area contributed by atoms with E-state index in [0.29, 0.717) is 25.5 Å². The van der Waals surface area contributed by atoms with Crippen LogP contribution < -0.4 is 15.8 Å². The Bertz CT molecular complexity index is 1280. The number of halogens is 3. The number of carbonyl (C=O) groups excluding carboxylic acids is 1. The van der Waals surface area contributed by atoms with Gasteiger partial charge in [0.05, 0.1) is 19.4 Å². The maximum absolute atomic E-state index is 14.1. The zero-order valence-corrected chi connectivity index (χ0v) is 23.7. The molecule has 0 spiro atoms. The fourth-order valence-electron chi connectivity index (χ4n) is 5.03. The Morgan fingerprint density at radius 2 is 1.85 bits per heavy atom. The predicted molar refractivity (Wildman–Crippen MR) is 156 cm³/mol. The summed E-state index contributed by atoms with van der Waals surface area (Å²) in [5.41, 5.74) is 8.85. The average molecular weight is 594 g/mol. The van der Waals surface area contributed by atoms with Gasteiger partial charge in [0.25, 0.3) is 5.91 Å². The van der Waals surface area contributed by atoms with E-state index >= 15 is 0 Å². The molecule has 2 heterocycles. The van der Waals surface area contributed by atoms with Gasteiger partial charge in [0.15, 0.2) is 0 Å². The number of hydrogen-bond acceptors (Lipinski definition) is 7. The van der Waals surface area contributed by atoms with Crippen molar-refractivity contribution in [2.24, 2.45) is 5.73 Å².